The summed E-state index contributed by atoms with van der Waals surface area (Å²) in [4.78, 5) is 0. The predicted octanol–water partition coefficient (Wildman–Crippen LogP) is 2.90. The smallest absolute Gasteiger partial charge is 0.379 e. The third-order valence-corrected chi connectivity index (χ3v) is 10.7. The maximum absolute atomic E-state index is 5.72. The molecule has 2 fully saturated rings. The van der Waals surface area contributed by atoms with Crippen LogP contribution in [0.4, 0.5) is 0 Å². The highest BCUT2D eigenvalue weighted by Gasteiger charge is 2.41. The lowest BCUT2D eigenvalue weighted by Crippen LogP contribution is -2.46. The quantitative estimate of drug-likeness (QED) is 0.118. The van der Waals surface area contributed by atoms with Gasteiger partial charge < -0.3 is 45.5 Å². The molecule has 2 atom stereocenters. The van der Waals surface area contributed by atoms with Crippen molar-refractivity contribution in [2.75, 3.05) is 79.3 Å². The summed E-state index contributed by atoms with van der Waals surface area (Å²) in [6.07, 6.45) is 0.606. The first-order chi connectivity index (χ1) is 16.5. The molecule has 2 aliphatic heterocycles. The van der Waals surface area contributed by atoms with Crippen LogP contribution in [0.3, 0.4) is 0 Å². The molecule has 2 heterocycles. The topological polar surface area (TPSA) is 98.9 Å². The number of hydrogen-bond donors (Lipinski definition) is 0. The molecule has 2 saturated heterocycles. The number of epoxide rings is 2. The summed E-state index contributed by atoms with van der Waals surface area (Å²) in [5.74, 6) is 0. The fourth-order valence-corrected chi connectivity index (χ4v) is 7.95. The van der Waals surface area contributed by atoms with Crippen LogP contribution in [0.1, 0.15) is 41.5 Å². The van der Waals surface area contributed by atoms with Gasteiger partial charge in [-0.05, 0) is 41.5 Å². The summed E-state index contributed by atoms with van der Waals surface area (Å²) in [5.41, 5.74) is 0. The lowest BCUT2D eigenvalue weighted by molar-refractivity contribution is 0.0549. The highest BCUT2D eigenvalue weighted by Crippen LogP contribution is 2.18. The Morgan fingerprint density at radius 2 is 0.794 bits per heavy atom. The van der Waals surface area contributed by atoms with E-state index < -0.39 is 17.6 Å². The molecule has 2 rings (SSSR count). The second-order valence-electron chi connectivity index (χ2n) is 7.52. The van der Waals surface area contributed by atoms with Crippen molar-refractivity contribution in [3.05, 3.63) is 0 Å². The third-order valence-electron chi connectivity index (χ3n) is 4.70. The summed E-state index contributed by atoms with van der Waals surface area (Å²) in [6.45, 7) is 19.6. The number of ether oxygens (including phenoxy) is 4. The predicted molar refractivity (Wildman–Crippen MR) is 132 cm³/mol. The number of rotatable bonds is 22. The first kappa shape index (κ1) is 32.1. The average molecular weight is 529 g/mol. The maximum atomic E-state index is 5.72. The van der Waals surface area contributed by atoms with Crippen molar-refractivity contribution >= 4 is 17.6 Å². The standard InChI is InChI=1S/2C11H24O5Si/c2*1-4-14-17(15-5-2,16-6-3)8-7-12-9-11-10-13-11/h2*11H,4-10H2,1-3H3/t11-;/m1./s1. The van der Waals surface area contributed by atoms with Crippen LogP contribution in [0.25, 0.3) is 0 Å². The molecule has 0 aromatic heterocycles. The monoisotopic (exact) mass is 528 g/mol. The second-order valence-corrected chi connectivity index (χ2v) is 13.0. The normalized spacial score (nSPS) is 19.6. The van der Waals surface area contributed by atoms with Gasteiger partial charge in [-0.3, -0.25) is 0 Å². The Morgan fingerprint density at radius 1 is 0.529 bits per heavy atom. The summed E-state index contributed by atoms with van der Waals surface area (Å²) in [5, 5.41) is 0. The Hall–Kier alpha value is 0.0338. The van der Waals surface area contributed by atoms with Crippen molar-refractivity contribution in [1.29, 1.82) is 0 Å². The zero-order chi connectivity index (χ0) is 25.1. The maximum Gasteiger partial charge on any atom is 0.503 e. The minimum Gasteiger partial charge on any atom is -0.379 e. The Morgan fingerprint density at radius 3 is 1.00 bits per heavy atom. The third kappa shape index (κ3) is 14.6. The molecule has 0 aromatic carbocycles. The van der Waals surface area contributed by atoms with E-state index in [9.17, 15) is 0 Å². The van der Waals surface area contributed by atoms with Gasteiger partial charge in [0.1, 0.15) is 12.2 Å². The van der Waals surface area contributed by atoms with E-state index >= 15 is 0 Å². The molecule has 0 aromatic rings. The summed E-state index contributed by atoms with van der Waals surface area (Å²) >= 11 is 0. The highest BCUT2D eigenvalue weighted by molar-refractivity contribution is 6.61. The highest BCUT2D eigenvalue weighted by atomic mass is 28.4. The first-order valence-electron chi connectivity index (χ1n) is 12.7. The second kappa shape index (κ2) is 19.2. The van der Waals surface area contributed by atoms with E-state index in [2.05, 4.69) is 0 Å². The summed E-state index contributed by atoms with van der Waals surface area (Å²) in [6, 6.07) is 1.41. The van der Waals surface area contributed by atoms with Gasteiger partial charge in [0, 0.05) is 51.7 Å². The molecule has 12 heteroatoms. The lowest BCUT2D eigenvalue weighted by atomic mass is 10.5. The molecular formula is C22H48O10Si2. The van der Waals surface area contributed by atoms with Gasteiger partial charge in [0.25, 0.3) is 0 Å². The average Bonchev–Trinajstić information content (AvgIpc) is 3.72. The minimum atomic E-state index is -2.51. The SMILES string of the molecule is CCO[Si](CCOCC1CO1)(OCC)OCC.CCO[Si](CCOC[C@@H]1CO1)(OCC)OCC. The fourth-order valence-electron chi connectivity index (χ4n) is 3.15. The summed E-state index contributed by atoms with van der Waals surface area (Å²) < 4.78 is 55.5. The van der Waals surface area contributed by atoms with Gasteiger partial charge in [-0.15, -0.1) is 0 Å². The molecule has 0 radical (unpaired) electrons. The Labute approximate surface area is 208 Å². The van der Waals surface area contributed by atoms with Crippen molar-refractivity contribution in [3.8, 4) is 0 Å². The van der Waals surface area contributed by atoms with Crippen LogP contribution in [0.15, 0.2) is 0 Å². The van der Waals surface area contributed by atoms with Gasteiger partial charge in [0.15, 0.2) is 0 Å². The van der Waals surface area contributed by atoms with Crippen LogP contribution in [0.5, 0.6) is 0 Å². The van der Waals surface area contributed by atoms with Crippen molar-refractivity contribution in [2.24, 2.45) is 0 Å². The van der Waals surface area contributed by atoms with Gasteiger partial charge in [-0.25, -0.2) is 0 Å². The van der Waals surface area contributed by atoms with Crippen LogP contribution >= 0.6 is 0 Å². The molecular weight excluding hydrogens is 480 g/mol. The van der Waals surface area contributed by atoms with Crippen molar-refractivity contribution in [1.82, 2.24) is 0 Å². The lowest BCUT2D eigenvalue weighted by Gasteiger charge is -2.28. The molecule has 0 amide bonds. The van der Waals surface area contributed by atoms with Crippen LogP contribution < -0.4 is 0 Å². The molecule has 1 unspecified atom stereocenters. The van der Waals surface area contributed by atoms with E-state index in [4.69, 9.17) is 45.5 Å². The molecule has 0 N–H and O–H groups in total. The van der Waals surface area contributed by atoms with E-state index in [1.54, 1.807) is 0 Å². The van der Waals surface area contributed by atoms with Crippen LogP contribution in [0.2, 0.25) is 12.1 Å². The fraction of sp³-hybridized carbons (Fsp3) is 1.00. The number of hydrogen-bond acceptors (Lipinski definition) is 10. The van der Waals surface area contributed by atoms with Gasteiger partial charge in [-0.2, -0.15) is 0 Å². The Balaban J connectivity index is 0.000000340. The molecule has 2 aliphatic rings. The van der Waals surface area contributed by atoms with Crippen molar-refractivity contribution in [3.63, 3.8) is 0 Å². The van der Waals surface area contributed by atoms with Crippen molar-refractivity contribution < 1.29 is 45.5 Å². The Kier molecular flexibility index (Phi) is 18.1. The van der Waals surface area contributed by atoms with E-state index in [0.717, 1.165) is 13.2 Å². The zero-order valence-corrected chi connectivity index (χ0v) is 24.1. The van der Waals surface area contributed by atoms with Crippen LogP contribution in [-0.2, 0) is 45.5 Å². The molecule has 10 nitrogen and oxygen atoms in total. The first-order valence-corrected chi connectivity index (χ1v) is 16.6. The molecule has 0 spiro atoms. The van der Waals surface area contributed by atoms with E-state index in [1.165, 1.54) is 0 Å². The summed E-state index contributed by atoms with van der Waals surface area (Å²) in [7, 11) is -5.03. The van der Waals surface area contributed by atoms with E-state index in [1.807, 2.05) is 41.5 Å². The Bertz CT molecular complexity index is 405. The molecule has 0 saturated carbocycles. The van der Waals surface area contributed by atoms with Crippen LogP contribution in [0, 0.1) is 0 Å². The minimum absolute atomic E-state index is 0.303. The molecule has 204 valence electrons. The van der Waals surface area contributed by atoms with Crippen molar-refractivity contribution in [2.45, 2.75) is 65.8 Å². The van der Waals surface area contributed by atoms with Gasteiger partial charge >= 0.3 is 17.6 Å². The van der Waals surface area contributed by atoms with Crippen LogP contribution in [-0.4, -0.2) is 109 Å². The molecule has 0 bridgehead atoms. The van der Waals surface area contributed by atoms with Gasteiger partial charge in [0.05, 0.1) is 39.6 Å². The van der Waals surface area contributed by atoms with E-state index in [-0.39, 0.29) is 0 Å². The molecule has 0 aliphatic carbocycles. The van der Waals surface area contributed by atoms with Gasteiger partial charge in [0.2, 0.25) is 0 Å². The molecule has 34 heavy (non-hydrogen) atoms. The largest absolute Gasteiger partial charge is 0.503 e. The van der Waals surface area contributed by atoms with Gasteiger partial charge in [-0.1, -0.05) is 0 Å². The zero-order valence-electron chi connectivity index (χ0n) is 22.1. The van der Waals surface area contributed by atoms with E-state index in [0.29, 0.717) is 90.4 Å².